The van der Waals surface area contributed by atoms with Gasteiger partial charge in [-0.05, 0) is 62.4 Å². The third kappa shape index (κ3) is 5.44. The minimum Gasteiger partial charge on any atom is -0.495 e. The Hall–Kier alpha value is -2.60. The molecule has 2 N–H and O–H groups in total. The van der Waals surface area contributed by atoms with Crippen molar-refractivity contribution in [1.29, 1.82) is 0 Å². The van der Waals surface area contributed by atoms with Gasteiger partial charge in [-0.2, -0.15) is 0 Å². The fourth-order valence-corrected chi connectivity index (χ4v) is 3.17. The van der Waals surface area contributed by atoms with Crippen molar-refractivity contribution in [2.45, 2.75) is 32.1 Å². The Labute approximate surface area is 164 Å². The number of aromatic nitrogens is 2. The van der Waals surface area contributed by atoms with E-state index in [4.69, 9.17) is 16.3 Å². The lowest BCUT2D eigenvalue weighted by Gasteiger charge is -2.13. The number of ether oxygens (including phenoxy) is 1. The van der Waals surface area contributed by atoms with E-state index < -0.39 is 0 Å². The third-order valence-corrected chi connectivity index (χ3v) is 4.67. The van der Waals surface area contributed by atoms with E-state index in [2.05, 4.69) is 26.9 Å². The Morgan fingerprint density at radius 3 is 2.81 bits per heavy atom. The largest absolute Gasteiger partial charge is 0.495 e. The summed E-state index contributed by atoms with van der Waals surface area (Å²) in [5.41, 5.74) is 2.40. The Kier molecular flexibility index (Phi) is 6.65. The summed E-state index contributed by atoms with van der Waals surface area (Å²) in [6, 6.07) is 8.59. The first-order valence-electron chi connectivity index (χ1n) is 9.06. The zero-order valence-corrected chi connectivity index (χ0v) is 16.1. The maximum absolute atomic E-state index is 12.2. The number of allylic oxidation sites excluding steroid dienone is 1. The molecule has 0 saturated carbocycles. The van der Waals surface area contributed by atoms with Crippen LogP contribution in [0.2, 0.25) is 5.02 Å². The molecule has 0 saturated heterocycles. The Morgan fingerprint density at radius 2 is 2.11 bits per heavy atom. The molecule has 2 aromatic rings. The molecular formula is C20H23ClN4O2. The molecule has 0 bridgehead atoms. The van der Waals surface area contributed by atoms with Crippen LogP contribution in [0, 0.1) is 0 Å². The van der Waals surface area contributed by atoms with Crippen molar-refractivity contribution in [3.8, 4) is 5.75 Å². The van der Waals surface area contributed by atoms with Gasteiger partial charge in [0, 0.05) is 11.6 Å². The fraction of sp³-hybridized carbons (Fsp3) is 0.350. The number of halogens is 1. The lowest BCUT2D eigenvalue weighted by molar-refractivity contribution is 0.0948. The molecule has 0 spiro atoms. The summed E-state index contributed by atoms with van der Waals surface area (Å²) in [6.45, 7) is 0.617. The van der Waals surface area contributed by atoms with Crippen LogP contribution >= 0.6 is 11.6 Å². The van der Waals surface area contributed by atoms with Crippen molar-refractivity contribution < 1.29 is 9.53 Å². The van der Waals surface area contributed by atoms with Gasteiger partial charge in [0.1, 0.15) is 5.75 Å². The smallest absolute Gasteiger partial charge is 0.271 e. The number of methoxy groups -OCH3 is 1. The van der Waals surface area contributed by atoms with E-state index in [9.17, 15) is 4.79 Å². The number of carbonyl (C=O) groups excluding carboxylic acids is 1. The zero-order valence-electron chi connectivity index (χ0n) is 15.3. The molecule has 6 nitrogen and oxygen atoms in total. The maximum atomic E-state index is 12.2. The van der Waals surface area contributed by atoms with Crippen LogP contribution in [0.4, 0.5) is 11.5 Å². The number of amides is 1. The van der Waals surface area contributed by atoms with Crippen molar-refractivity contribution in [1.82, 2.24) is 15.5 Å². The standard InChI is InChI=1S/C20H23ClN4O2/c1-27-18-9-7-15(21)13-17(18)23-19-10-8-16(24-25-19)20(26)22-12-11-14-5-3-2-4-6-14/h5,7-10,13H,2-4,6,11-12H2,1H3,(H,22,26)(H,23,25). The van der Waals surface area contributed by atoms with Gasteiger partial charge in [-0.1, -0.05) is 23.3 Å². The van der Waals surface area contributed by atoms with Gasteiger partial charge in [0.15, 0.2) is 11.5 Å². The highest BCUT2D eigenvalue weighted by Crippen LogP contribution is 2.29. The summed E-state index contributed by atoms with van der Waals surface area (Å²) < 4.78 is 5.29. The molecule has 0 unspecified atom stereocenters. The predicted molar refractivity (Wildman–Crippen MR) is 107 cm³/mol. The summed E-state index contributed by atoms with van der Waals surface area (Å²) in [5, 5.41) is 14.6. The lowest BCUT2D eigenvalue weighted by atomic mass is 9.97. The number of hydrogen-bond acceptors (Lipinski definition) is 5. The normalized spacial score (nSPS) is 13.6. The second-order valence-electron chi connectivity index (χ2n) is 6.39. The van der Waals surface area contributed by atoms with Gasteiger partial charge in [0.05, 0.1) is 12.8 Å². The molecule has 0 aliphatic heterocycles. The van der Waals surface area contributed by atoms with Crippen LogP contribution in [-0.2, 0) is 0 Å². The second-order valence-corrected chi connectivity index (χ2v) is 6.82. The second kappa shape index (κ2) is 9.37. The van der Waals surface area contributed by atoms with Crippen LogP contribution in [0.1, 0.15) is 42.6 Å². The first-order chi connectivity index (χ1) is 13.2. The molecule has 27 heavy (non-hydrogen) atoms. The van der Waals surface area contributed by atoms with Crippen LogP contribution in [0.5, 0.6) is 5.75 Å². The average Bonchev–Trinajstić information content (AvgIpc) is 2.69. The van der Waals surface area contributed by atoms with Crippen molar-refractivity contribution in [2.75, 3.05) is 19.0 Å². The number of benzene rings is 1. The highest BCUT2D eigenvalue weighted by molar-refractivity contribution is 6.31. The molecule has 0 radical (unpaired) electrons. The Morgan fingerprint density at radius 1 is 1.22 bits per heavy atom. The molecule has 1 heterocycles. The Bertz CT molecular complexity index is 821. The summed E-state index contributed by atoms with van der Waals surface area (Å²) in [7, 11) is 1.58. The molecule has 1 aliphatic rings. The monoisotopic (exact) mass is 386 g/mol. The third-order valence-electron chi connectivity index (χ3n) is 4.44. The van der Waals surface area contributed by atoms with E-state index in [1.165, 1.54) is 18.4 Å². The molecule has 0 fully saturated rings. The van der Waals surface area contributed by atoms with Crippen molar-refractivity contribution >= 4 is 29.0 Å². The summed E-state index contributed by atoms with van der Waals surface area (Å²) >= 11 is 6.02. The van der Waals surface area contributed by atoms with Crippen LogP contribution in [-0.4, -0.2) is 29.8 Å². The fourth-order valence-electron chi connectivity index (χ4n) is 2.99. The molecule has 1 aromatic carbocycles. The van der Waals surface area contributed by atoms with Gasteiger partial charge < -0.3 is 15.4 Å². The van der Waals surface area contributed by atoms with E-state index in [0.29, 0.717) is 28.8 Å². The number of rotatable bonds is 7. The van der Waals surface area contributed by atoms with Gasteiger partial charge in [-0.3, -0.25) is 4.79 Å². The molecule has 0 atom stereocenters. The number of carbonyl (C=O) groups is 1. The lowest BCUT2D eigenvalue weighted by Crippen LogP contribution is -2.26. The number of nitrogens with one attached hydrogen (secondary N) is 2. The summed E-state index contributed by atoms with van der Waals surface area (Å²) in [4.78, 5) is 12.2. The topological polar surface area (TPSA) is 76.1 Å². The van der Waals surface area contributed by atoms with Crippen LogP contribution in [0.25, 0.3) is 0 Å². The molecule has 142 valence electrons. The highest BCUT2D eigenvalue weighted by Gasteiger charge is 2.10. The van der Waals surface area contributed by atoms with Crippen LogP contribution < -0.4 is 15.4 Å². The SMILES string of the molecule is COc1ccc(Cl)cc1Nc1ccc(C(=O)NCCC2=CCCCC2)nn1. The summed E-state index contributed by atoms with van der Waals surface area (Å²) in [5.74, 6) is 0.922. The highest BCUT2D eigenvalue weighted by atomic mass is 35.5. The van der Waals surface area contributed by atoms with Crippen LogP contribution in [0.3, 0.4) is 0 Å². The maximum Gasteiger partial charge on any atom is 0.271 e. The van der Waals surface area contributed by atoms with Gasteiger partial charge in [0.25, 0.3) is 5.91 Å². The van der Waals surface area contributed by atoms with Gasteiger partial charge in [-0.25, -0.2) is 0 Å². The molecule has 1 aliphatic carbocycles. The van der Waals surface area contributed by atoms with E-state index >= 15 is 0 Å². The number of anilines is 2. The molecule has 3 rings (SSSR count). The minimum absolute atomic E-state index is 0.217. The van der Waals surface area contributed by atoms with Crippen LogP contribution in [0.15, 0.2) is 42.0 Å². The van der Waals surface area contributed by atoms with Crippen molar-refractivity contribution in [3.05, 3.63) is 52.7 Å². The quantitative estimate of drug-likeness (QED) is 0.685. The summed E-state index contributed by atoms with van der Waals surface area (Å²) in [6.07, 6.45) is 8.00. The number of hydrogen-bond donors (Lipinski definition) is 2. The minimum atomic E-state index is -0.217. The first-order valence-corrected chi connectivity index (χ1v) is 9.44. The average molecular weight is 387 g/mol. The molecule has 1 aromatic heterocycles. The van der Waals surface area contributed by atoms with E-state index in [1.807, 2.05) is 0 Å². The van der Waals surface area contributed by atoms with Gasteiger partial charge >= 0.3 is 0 Å². The number of nitrogens with zero attached hydrogens (tertiary/aromatic N) is 2. The molecule has 1 amide bonds. The molecular weight excluding hydrogens is 364 g/mol. The first kappa shape index (κ1) is 19.2. The van der Waals surface area contributed by atoms with Crippen molar-refractivity contribution in [3.63, 3.8) is 0 Å². The Balaban J connectivity index is 1.56. The van der Waals surface area contributed by atoms with Gasteiger partial charge in [-0.15, -0.1) is 10.2 Å². The van der Waals surface area contributed by atoms with Gasteiger partial charge in [0.2, 0.25) is 0 Å². The van der Waals surface area contributed by atoms with E-state index in [-0.39, 0.29) is 11.6 Å². The van der Waals surface area contributed by atoms with E-state index in [1.54, 1.807) is 37.4 Å². The predicted octanol–water partition coefficient (Wildman–Crippen LogP) is 4.50. The van der Waals surface area contributed by atoms with E-state index in [0.717, 1.165) is 19.3 Å². The van der Waals surface area contributed by atoms with Crippen molar-refractivity contribution in [2.24, 2.45) is 0 Å². The molecule has 7 heteroatoms. The zero-order chi connectivity index (χ0) is 19.1.